The number of nitrogens with one attached hydrogen (secondary N) is 1. The molecule has 0 saturated carbocycles. The van der Waals surface area contributed by atoms with Crippen molar-refractivity contribution in [1.82, 2.24) is 4.90 Å². The highest BCUT2D eigenvalue weighted by Crippen LogP contribution is 2.46. The van der Waals surface area contributed by atoms with E-state index in [9.17, 15) is 4.79 Å². The molecule has 1 saturated heterocycles. The molecule has 3 aliphatic rings. The Balaban J connectivity index is 1.78. The number of rotatable bonds is 3. The van der Waals surface area contributed by atoms with E-state index in [-0.39, 0.29) is 12.0 Å². The quantitative estimate of drug-likeness (QED) is 0.670. The van der Waals surface area contributed by atoms with E-state index in [1.54, 1.807) is 0 Å². The Bertz CT molecular complexity index is 769. The number of benzene rings is 1. The van der Waals surface area contributed by atoms with Crippen LogP contribution < -0.4 is 5.43 Å². The van der Waals surface area contributed by atoms with E-state index in [1.165, 1.54) is 12.7 Å². The van der Waals surface area contributed by atoms with Crippen molar-refractivity contribution in [2.45, 2.75) is 31.7 Å². The summed E-state index contributed by atoms with van der Waals surface area (Å²) in [5.74, 6) is -0.163. The number of anilines is 1. The van der Waals surface area contributed by atoms with Crippen LogP contribution in [0.15, 0.2) is 59.2 Å². The molecule has 0 aromatic heterocycles. The first-order chi connectivity index (χ1) is 12.8. The van der Waals surface area contributed by atoms with Crippen LogP contribution in [0.3, 0.4) is 0 Å². The van der Waals surface area contributed by atoms with Crippen LogP contribution >= 0.6 is 0 Å². The number of allylic oxidation sites excluding steroid dienone is 1. The Hall–Kier alpha value is -2.40. The van der Waals surface area contributed by atoms with Gasteiger partial charge in [0.15, 0.2) is 0 Å². The first-order valence-corrected chi connectivity index (χ1v) is 9.33. The summed E-state index contributed by atoms with van der Waals surface area (Å²) >= 11 is 0. The second kappa shape index (κ2) is 7.08. The third kappa shape index (κ3) is 2.76. The highest BCUT2D eigenvalue weighted by atomic mass is 16.5. The van der Waals surface area contributed by atoms with Gasteiger partial charge in [-0.2, -0.15) is 5.10 Å². The van der Waals surface area contributed by atoms with Gasteiger partial charge in [0.1, 0.15) is 5.41 Å². The molecule has 5 nitrogen and oxygen atoms in total. The van der Waals surface area contributed by atoms with E-state index in [0.717, 1.165) is 50.2 Å². The van der Waals surface area contributed by atoms with E-state index in [1.807, 2.05) is 30.3 Å². The summed E-state index contributed by atoms with van der Waals surface area (Å²) in [6.45, 7) is 1.84. The summed E-state index contributed by atoms with van der Waals surface area (Å²) in [6.07, 6.45) is 10.0. The maximum atomic E-state index is 13.1. The van der Waals surface area contributed by atoms with Crippen molar-refractivity contribution >= 4 is 17.4 Å². The highest BCUT2D eigenvalue weighted by Gasteiger charge is 2.56. The Morgan fingerprint density at radius 1 is 1.35 bits per heavy atom. The number of carbonyl (C=O) groups is 1. The molecule has 0 unspecified atom stereocenters. The fraction of sp³-hybridized carbons (Fsp3) is 0.429. The predicted octanol–water partition coefficient (Wildman–Crippen LogP) is 3.37. The van der Waals surface area contributed by atoms with Crippen LogP contribution in [0.5, 0.6) is 0 Å². The minimum atomic E-state index is -0.706. The van der Waals surface area contributed by atoms with Crippen LogP contribution in [-0.2, 0) is 9.53 Å². The van der Waals surface area contributed by atoms with Crippen molar-refractivity contribution in [3.63, 3.8) is 0 Å². The fourth-order valence-corrected chi connectivity index (χ4v) is 4.62. The second-order valence-corrected chi connectivity index (χ2v) is 7.15. The minimum absolute atomic E-state index is 0.0209. The summed E-state index contributed by atoms with van der Waals surface area (Å²) in [5, 5.41) is 4.75. The van der Waals surface area contributed by atoms with E-state index >= 15 is 0 Å². The van der Waals surface area contributed by atoms with Gasteiger partial charge in [-0.25, -0.2) is 0 Å². The van der Waals surface area contributed by atoms with Crippen LogP contribution in [0.1, 0.15) is 25.7 Å². The molecule has 1 aromatic rings. The van der Waals surface area contributed by atoms with Gasteiger partial charge in [0, 0.05) is 6.54 Å². The Morgan fingerprint density at radius 3 is 3.00 bits per heavy atom. The van der Waals surface area contributed by atoms with E-state index in [0.29, 0.717) is 0 Å². The number of ether oxygens (including phenoxy) is 1. The SMILES string of the molecule is COC(=O)[C@]12CCC=C3C=CCN(CCC/C1=N\Nc1ccccc1)[C@H]32. The molecule has 26 heavy (non-hydrogen) atoms. The molecule has 0 radical (unpaired) electrons. The lowest BCUT2D eigenvalue weighted by atomic mass is 9.65. The van der Waals surface area contributed by atoms with Crippen molar-refractivity contribution in [2.24, 2.45) is 10.5 Å². The zero-order valence-electron chi connectivity index (χ0n) is 15.1. The van der Waals surface area contributed by atoms with Crippen LogP contribution in [0.25, 0.3) is 0 Å². The Morgan fingerprint density at radius 2 is 2.19 bits per heavy atom. The molecule has 136 valence electrons. The Kier molecular flexibility index (Phi) is 4.64. The summed E-state index contributed by atoms with van der Waals surface area (Å²) in [5.41, 5.74) is 5.53. The third-order valence-electron chi connectivity index (χ3n) is 5.73. The maximum absolute atomic E-state index is 13.1. The fourth-order valence-electron chi connectivity index (χ4n) is 4.62. The lowest BCUT2D eigenvalue weighted by Gasteiger charge is -2.47. The first kappa shape index (κ1) is 17.0. The number of nitrogens with zero attached hydrogens (tertiary/aromatic N) is 2. The summed E-state index contributed by atoms with van der Waals surface area (Å²) in [7, 11) is 1.49. The number of esters is 1. The van der Waals surface area contributed by atoms with Gasteiger partial charge >= 0.3 is 5.97 Å². The number of carbonyl (C=O) groups excluding carboxylic acids is 1. The molecule has 0 amide bonds. The summed E-state index contributed by atoms with van der Waals surface area (Å²) in [4.78, 5) is 15.5. The number of methoxy groups -OCH3 is 1. The monoisotopic (exact) mass is 351 g/mol. The topological polar surface area (TPSA) is 53.9 Å². The normalized spacial score (nSPS) is 29.5. The average Bonchev–Trinajstić information content (AvgIpc) is 2.86. The molecule has 1 fully saturated rings. The van der Waals surface area contributed by atoms with Crippen molar-refractivity contribution in [1.29, 1.82) is 0 Å². The molecule has 1 aliphatic carbocycles. The van der Waals surface area contributed by atoms with Gasteiger partial charge in [0.25, 0.3) is 0 Å². The van der Waals surface area contributed by atoms with Crippen LogP contribution in [-0.4, -0.2) is 42.8 Å². The van der Waals surface area contributed by atoms with Crippen molar-refractivity contribution < 1.29 is 9.53 Å². The standard InChI is InChI=1S/C21H25N3O2/c1-26-20(25)21-13-5-8-16-9-6-14-24(19(16)21)15-7-12-18(21)23-22-17-10-3-2-4-11-17/h2-4,6,8-11,19,22H,5,7,12-15H2,1H3/b23-18+/t19-,21-/m1/s1. The van der Waals surface area contributed by atoms with Gasteiger partial charge in [0.2, 0.25) is 0 Å². The van der Waals surface area contributed by atoms with Gasteiger partial charge in [-0.15, -0.1) is 0 Å². The molecule has 2 heterocycles. The Labute approximate surface area is 154 Å². The zero-order valence-corrected chi connectivity index (χ0v) is 15.1. The zero-order chi connectivity index (χ0) is 18.0. The highest BCUT2D eigenvalue weighted by molar-refractivity contribution is 6.08. The third-order valence-corrected chi connectivity index (χ3v) is 5.73. The molecule has 5 heteroatoms. The predicted molar refractivity (Wildman–Crippen MR) is 103 cm³/mol. The molecule has 0 bridgehead atoms. The average molecular weight is 351 g/mol. The lowest BCUT2D eigenvalue weighted by molar-refractivity contribution is -0.151. The number of para-hydroxylation sites is 1. The summed E-state index contributed by atoms with van der Waals surface area (Å²) in [6, 6.07) is 9.90. The van der Waals surface area contributed by atoms with E-state index in [2.05, 4.69) is 28.6 Å². The van der Waals surface area contributed by atoms with Crippen LogP contribution in [0, 0.1) is 5.41 Å². The van der Waals surface area contributed by atoms with Crippen molar-refractivity contribution in [3.05, 3.63) is 54.1 Å². The second-order valence-electron chi connectivity index (χ2n) is 7.15. The number of hydrogen-bond donors (Lipinski definition) is 1. The molecular formula is C21H25N3O2. The van der Waals surface area contributed by atoms with Gasteiger partial charge in [-0.1, -0.05) is 36.4 Å². The maximum Gasteiger partial charge on any atom is 0.319 e. The van der Waals surface area contributed by atoms with Crippen molar-refractivity contribution in [2.75, 3.05) is 25.6 Å². The first-order valence-electron chi connectivity index (χ1n) is 9.33. The lowest BCUT2D eigenvalue weighted by Crippen LogP contribution is -2.58. The van der Waals surface area contributed by atoms with Gasteiger partial charge < -0.3 is 4.74 Å². The molecule has 0 spiro atoms. The molecule has 4 rings (SSSR count). The molecule has 1 N–H and O–H groups in total. The van der Waals surface area contributed by atoms with Crippen molar-refractivity contribution in [3.8, 4) is 0 Å². The van der Waals surface area contributed by atoms with Gasteiger partial charge in [0.05, 0.1) is 24.6 Å². The van der Waals surface area contributed by atoms with E-state index < -0.39 is 5.41 Å². The molecule has 2 aliphatic heterocycles. The van der Waals surface area contributed by atoms with Crippen LogP contribution in [0.4, 0.5) is 5.69 Å². The minimum Gasteiger partial charge on any atom is -0.468 e. The number of hydrazone groups is 1. The van der Waals surface area contributed by atoms with Gasteiger partial charge in [-0.05, 0) is 49.9 Å². The molecular weight excluding hydrogens is 326 g/mol. The number of hydrogen-bond acceptors (Lipinski definition) is 5. The molecule has 1 aromatic carbocycles. The van der Waals surface area contributed by atoms with Gasteiger partial charge in [-0.3, -0.25) is 15.1 Å². The van der Waals surface area contributed by atoms with E-state index in [4.69, 9.17) is 9.84 Å². The summed E-state index contributed by atoms with van der Waals surface area (Å²) < 4.78 is 5.33. The smallest absolute Gasteiger partial charge is 0.319 e. The molecule has 2 atom stereocenters. The largest absolute Gasteiger partial charge is 0.468 e. The van der Waals surface area contributed by atoms with Crippen LogP contribution in [0.2, 0.25) is 0 Å².